The van der Waals surface area contributed by atoms with Crippen LogP contribution >= 0.6 is 0 Å². The van der Waals surface area contributed by atoms with Gasteiger partial charge in [-0.1, -0.05) is 0 Å². The lowest BCUT2D eigenvalue weighted by molar-refractivity contribution is 0.0681. The summed E-state index contributed by atoms with van der Waals surface area (Å²) in [5, 5.41) is 9.05. The normalized spacial score (nSPS) is 15.6. The van der Waals surface area contributed by atoms with Gasteiger partial charge in [0.25, 0.3) is 23.6 Å². The smallest absolute Gasteiger partial charge is 0.335 e. The molecule has 0 atom stereocenters. The van der Waals surface area contributed by atoms with Crippen LogP contribution in [0.3, 0.4) is 0 Å². The van der Waals surface area contributed by atoms with E-state index in [-0.39, 0.29) is 33.5 Å². The molecule has 2 aliphatic rings. The lowest BCUT2D eigenvalue weighted by atomic mass is 10.1. The number of anilines is 1. The van der Waals surface area contributed by atoms with Crippen molar-refractivity contribution in [3.05, 3.63) is 64.2 Å². The Labute approximate surface area is 146 Å². The van der Waals surface area contributed by atoms with Crippen LogP contribution in [0.4, 0.5) is 5.69 Å². The molecule has 26 heavy (non-hydrogen) atoms. The Morgan fingerprint density at radius 2 is 1.31 bits per heavy atom. The maximum Gasteiger partial charge on any atom is 0.335 e. The van der Waals surface area contributed by atoms with Gasteiger partial charge in [0, 0.05) is 7.05 Å². The molecule has 2 aromatic rings. The van der Waals surface area contributed by atoms with E-state index in [1.165, 1.54) is 37.4 Å². The molecule has 0 aliphatic carbocycles. The highest BCUT2D eigenvalue weighted by Crippen LogP contribution is 2.32. The molecule has 4 amide bonds. The van der Waals surface area contributed by atoms with E-state index >= 15 is 0 Å². The second-order valence-electron chi connectivity index (χ2n) is 5.91. The topological polar surface area (TPSA) is 112 Å². The number of carboxylic acids is 1. The van der Waals surface area contributed by atoms with Crippen molar-refractivity contribution in [2.45, 2.75) is 0 Å². The van der Waals surface area contributed by atoms with Gasteiger partial charge in [0.2, 0.25) is 0 Å². The van der Waals surface area contributed by atoms with Crippen LogP contribution in [0.25, 0.3) is 0 Å². The molecule has 0 spiro atoms. The van der Waals surface area contributed by atoms with Gasteiger partial charge in [-0.05, 0) is 36.4 Å². The van der Waals surface area contributed by atoms with Crippen molar-refractivity contribution in [2.75, 3.05) is 11.9 Å². The van der Waals surface area contributed by atoms with Crippen LogP contribution in [-0.2, 0) is 0 Å². The molecular formula is C18H10N2O6. The molecule has 128 valence electrons. The number of benzene rings is 2. The molecule has 0 bridgehead atoms. The highest BCUT2D eigenvalue weighted by atomic mass is 16.4. The molecule has 0 fully saturated rings. The summed E-state index contributed by atoms with van der Waals surface area (Å²) in [6.45, 7) is 0. The Morgan fingerprint density at radius 1 is 0.769 bits per heavy atom. The summed E-state index contributed by atoms with van der Waals surface area (Å²) in [7, 11) is 1.35. The summed E-state index contributed by atoms with van der Waals surface area (Å²) in [6.07, 6.45) is 0. The standard InChI is InChI=1S/C18H10N2O6/c1-19-14(21)10-5-3-9(7-13(10)15(19)22)20-16(23)11-4-2-8(18(25)26)6-12(11)17(20)24/h2-7H,1H3,(H,25,26). The van der Waals surface area contributed by atoms with Gasteiger partial charge in [0.15, 0.2) is 0 Å². The third-order valence-corrected chi connectivity index (χ3v) is 4.46. The van der Waals surface area contributed by atoms with Gasteiger partial charge in [0.05, 0.1) is 33.5 Å². The number of imide groups is 2. The zero-order valence-electron chi connectivity index (χ0n) is 13.3. The van der Waals surface area contributed by atoms with Crippen molar-refractivity contribution in [2.24, 2.45) is 0 Å². The number of hydrogen-bond acceptors (Lipinski definition) is 5. The van der Waals surface area contributed by atoms with Gasteiger partial charge >= 0.3 is 5.97 Å². The van der Waals surface area contributed by atoms with Crippen molar-refractivity contribution in [3.8, 4) is 0 Å². The molecule has 0 saturated heterocycles. The predicted molar refractivity (Wildman–Crippen MR) is 87.4 cm³/mol. The van der Waals surface area contributed by atoms with Crippen LogP contribution < -0.4 is 4.90 Å². The van der Waals surface area contributed by atoms with Crippen molar-refractivity contribution < 1.29 is 29.1 Å². The SMILES string of the molecule is CN1C(=O)c2ccc(N3C(=O)c4ccc(C(=O)O)cc4C3=O)cc2C1=O. The van der Waals surface area contributed by atoms with Gasteiger partial charge in [-0.15, -0.1) is 0 Å². The van der Waals surface area contributed by atoms with E-state index < -0.39 is 29.6 Å². The molecule has 4 rings (SSSR count). The molecule has 0 radical (unpaired) electrons. The molecule has 1 N–H and O–H groups in total. The Hall–Kier alpha value is -3.81. The van der Waals surface area contributed by atoms with Crippen LogP contribution in [-0.4, -0.2) is 46.7 Å². The van der Waals surface area contributed by atoms with Crippen molar-refractivity contribution in [1.29, 1.82) is 0 Å². The highest BCUT2D eigenvalue weighted by Gasteiger charge is 2.39. The zero-order valence-corrected chi connectivity index (χ0v) is 13.3. The van der Waals surface area contributed by atoms with E-state index in [1.54, 1.807) is 0 Å². The maximum absolute atomic E-state index is 12.6. The Kier molecular flexibility index (Phi) is 3.07. The minimum absolute atomic E-state index is 0.0186. The largest absolute Gasteiger partial charge is 0.478 e. The number of hydrogen-bond donors (Lipinski definition) is 1. The van der Waals surface area contributed by atoms with Gasteiger partial charge in [-0.25, -0.2) is 9.69 Å². The van der Waals surface area contributed by atoms with Crippen LogP contribution in [0.1, 0.15) is 51.8 Å². The monoisotopic (exact) mass is 350 g/mol. The maximum atomic E-state index is 12.6. The fraction of sp³-hybridized carbons (Fsp3) is 0.0556. The first-order valence-electron chi connectivity index (χ1n) is 7.54. The van der Waals surface area contributed by atoms with Gasteiger partial charge < -0.3 is 5.11 Å². The fourth-order valence-electron chi connectivity index (χ4n) is 3.10. The molecule has 0 aromatic heterocycles. The average molecular weight is 350 g/mol. The molecule has 0 unspecified atom stereocenters. The van der Waals surface area contributed by atoms with Gasteiger partial charge in [-0.3, -0.25) is 24.1 Å². The fourth-order valence-corrected chi connectivity index (χ4v) is 3.10. The number of aromatic carboxylic acids is 1. The molecular weight excluding hydrogens is 340 g/mol. The Bertz CT molecular complexity index is 1070. The Morgan fingerprint density at radius 3 is 2.00 bits per heavy atom. The van der Waals surface area contributed by atoms with Crippen LogP contribution in [0.5, 0.6) is 0 Å². The number of amides is 4. The minimum Gasteiger partial charge on any atom is -0.478 e. The molecule has 2 aromatic carbocycles. The number of carbonyl (C=O) groups excluding carboxylic acids is 4. The number of carboxylic acid groups (broad SMARTS) is 1. The number of nitrogens with zero attached hydrogens (tertiary/aromatic N) is 2. The third-order valence-electron chi connectivity index (χ3n) is 4.46. The molecule has 8 nitrogen and oxygen atoms in total. The van der Waals surface area contributed by atoms with E-state index in [0.717, 1.165) is 15.9 Å². The number of carbonyl (C=O) groups is 5. The molecule has 8 heteroatoms. The number of fused-ring (bicyclic) bond motifs is 2. The van der Waals surface area contributed by atoms with E-state index in [2.05, 4.69) is 0 Å². The van der Waals surface area contributed by atoms with E-state index in [1.807, 2.05) is 0 Å². The summed E-state index contributed by atoms with van der Waals surface area (Å²) in [5.74, 6) is -3.48. The quantitative estimate of drug-likeness (QED) is 0.820. The van der Waals surface area contributed by atoms with Crippen molar-refractivity contribution in [1.82, 2.24) is 4.90 Å². The van der Waals surface area contributed by atoms with E-state index in [4.69, 9.17) is 5.11 Å². The van der Waals surface area contributed by atoms with E-state index in [9.17, 15) is 24.0 Å². The first-order valence-corrected chi connectivity index (χ1v) is 7.54. The predicted octanol–water partition coefficient (Wildman–Crippen LogP) is 1.41. The second-order valence-corrected chi connectivity index (χ2v) is 5.91. The van der Waals surface area contributed by atoms with Crippen molar-refractivity contribution >= 4 is 35.3 Å². The number of rotatable bonds is 2. The lowest BCUT2D eigenvalue weighted by Crippen LogP contribution is -2.29. The molecule has 2 aliphatic heterocycles. The van der Waals surface area contributed by atoms with Crippen LogP contribution in [0.2, 0.25) is 0 Å². The van der Waals surface area contributed by atoms with Crippen LogP contribution in [0.15, 0.2) is 36.4 Å². The molecule has 0 saturated carbocycles. The van der Waals surface area contributed by atoms with E-state index in [0.29, 0.717) is 0 Å². The summed E-state index contributed by atoms with van der Waals surface area (Å²) >= 11 is 0. The third kappa shape index (κ3) is 1.92. The van der Waals surface area contributed by atoms with Gasteiger partial charge in [0.1, 0.15) is 0 Å². The van der Waals surface area contributed by atoms with Crippen molar-refractivity contribution in [3.63, 3.8) is 0 Å². The first-order chi connectivity index (χ1) is 12.3. The van der Waals surface area contributed by atoms with Gasteiger partial charge in [-0.2, -0.15) is 0 Å². The highest BCUT2D eigenvalue weighted by molar-refractivity contribution is 6.35. The van der Waals surface area contributed by atoms with Crippen LogP contribution in [0, 0.1) is 0 Å². The summed E-state index contributed by atoms with van der Waals surface area (Å²) < 4.78 is 0. The molecule has 2 heterocycles. The lowest BCUT2D eigenvalue weighted by Gasteiger charge is -2.14. The average Bonchev–Trinajstić information content (AvgIpc) is 3.01. The second kappa shape index (κ2) is 5.09. The summed E-state index contributed by atoms with van der Waals surface area (Å²) in [4.78, 5) is 62.2. The Balaban J connectivity index is 1.80. The summed E-state index contributed by atoms with van der Waals surface area (Å²) in [5.41, 5.74) is 0.408. The first kappa shape index (κ1) is 15.7. The summed E-state index contributed by atoms with van der Waals surface area (Å²) in [6, 6.07) is 7.79. The zero-order chi connectivity index (χ0) is 18.7. The minimum atomic E-state index is -1.21.